The molecule has 10 aromatic rings. The zero-order chi connectivity index (χ0) is 50.9. The minimum absolute atomic E-state index is 0. The molecule has 0 N–H and O–H groups in total. The number of aromatic nitrogens is 2. The Morgan fingerprint density at radius 3 is 1.73 bits per heavy atom. The fourth-order valence-corrected chi connectivity index (χ4v) is 10.3. The van der Waals surface area contributed by atoms with E-state index in [1.807, 2.05) is 24.4 Å². The van der Waals surface area contributed by atoms with Crippen molar-refractivity contribution in [2.24, 2.45) is 0 Å². The van der Waals surface area contributed by atoms with E-state index in [1.165, 1.54) is 38.9 Å². The first-order chi connectivity index (χ1) is 34.9. The van der Waals surface area contributed by atoms with Crippen LogP contribution in [-0.2, 0) is 42.7 Å². The van der Waals surface area contributed by atoms with Gasteiger partial charge in [0, 0.05) is 72.2 Å². The molecule has 3 heterocycles. The predicted molar refractivity (Wildman–Crippen MR) is 304 cm³/mol. The van der Waals surface area contributed by atoms with E-state index in [4.69, 9.17) is 9.72 Å². The molecule has 0 fully saturated rings. The summed E-state index contributed by atoms with van der Waals surface area (Å²) in [6, 6.07) is 75.1. The van der Waals surface area contributed by atoms with Crippen LogP contribution in [0.15, 0.2) is 194 Å². The summed E-state index contributed by atoms with van der Waals surface area (Å²) in [6.07, 6.45) is 1.92. The first-order valence-corrected chi connectivity index (χ1v) is 25.5. The van der Waals surface area contributed by atoms with Gasteiger partial charge in [0.2, 0.25) is 0 Å². The van der Waals surface area contributed by atoms with E-state index in [1.54, 1.807) is 0 Å². The number of benzene rings is 8. The van der Waals surface area contributed by atoms with Crippen molar-refractivity contribution in [1.82, 2.24) is 9.55 Å². The smallest absolute Gasteiger partial charge is 0.135 e. The summed E-state index contributed by atoms with van der Waals surface area (Å²) in [5.74, 6) is 2.04. The molecule has 0 spiro atoms. The number of hydrogen-bond acceptors (Lipinski definition) is 4. The zero-order valence-corrected chi connectivity index (χ0v) is 46.3. The quantitative estimate of drug-likeness (QED) is 0.128. The van der Waals surface area contributed by atoms with Crippen LogP contribution in [0.5, 0.6) is 11.5 Å². The van der Waals surface area contributed by atoms with E-state index in [-0.39, 0.29) is 42.7 Å². The van der Waals surface area contributed by atoms with Gasteiger partial charge in [0.25, 0.3) is 0 Å². The second-order valence-corrected chi connectivity index (χ2v) is 22.7. The Morgan fingerprint density at radius 2 is 1.05 bits per heavy atom. The van der Waals surface area contributed by atoms with Gasteiger partial charge in [-0.05, 0) is 103 Å². The van der Waals surface area contributed by atoms with Crippen molar-refractivity contribution in [2.75, 3.05) is 9.80 Å². The van der Waals surface area contributed by atoms with Crippen LogP contribution in [0.25, 0.3) is 38.8 Å². The zero-order valence-electron chi connectivity index (χ0n) is 44.1. The van der Waals surface area contributed by atoms with Crippen LogP contribution in [0.4, 0.5) is 22.7 Å². The molecule has 0 saturated carbocycles. The first-order valence-electron chi connectivity index (χ1n) is 25.5. The molecule has 0 unspecified atom stereocenters. The number of ether oxygens (including phenoxy) is 1. The van der Waals surface area contributed by atoms with Crippen LogP contribution in [0.1, 0.15) is 103 Å². The molecule has 5 nitrogen and oxygen atoms in total. The Balaban J connectivity index is 0.00000626. The molecule has 0 amide bonds. The summed E-state index contributed by atoms with van der Waals surface area (Å²) in [6.45, 7) is 25.0. The summed E-state index contributed by atoms with van der Waals surface area (Å²) >= 11 is 0. The van der Waals surface area contributed by atoms with Crippen LogP contribution in [-0.4, -0.2) is 9.55 Å². The molecule has 1 aliphatic rings. The third-order valence-corrected chi connectivity index (χ3v) is 15.1. The van der Waals surface area contributed by atoms with E-state index in [0.717, 1.165) is 55.9 Å². The SMILES string of the molecule is CC(C)(C)c1ccnc(-n2c3[c-]c(Oc4[c-]c(N5[CH-]N(c6cc(-c7ccccc7)cc(C(C)(C)c7ccccc7)c6)c6cc(C(C)(C)c7ccccc7)ccc65)ccc4)ccc3c3ccc(C(C)(C)C)cc32)c1.[Pt]. The third kappa shape index (κ3) is 9.37. The summed E-state index contributed by atoms with van der Waals surface area (Å²) in [5, 5.41) is 2.24. The van der Waals surface area contributed by atoms with Gasteiger partial charge in [-0.3, -0.25) is 0 Å². The minimum atomic E-state index is -0.281. The molecule has 74 heavy (non-hydrogen) atoms. The number of rotatable bonds is 10. The maximum absolute atomic E-state index is 6.80. The van der Waals surface area contributed by atoms with Crippen molar-refractivity contribution >= 4 is 44.6 Å². The Kier molecular flexibility index (Phi) is 13.1. The van der Waals surface area contributed by atoms with Crippen molar-refractivity contribution in [2.45, 2.75) is 90.9 Å². The van der Waals surface area contributed by atoms with Crippen LogP contribution >= 0.6 is 0 Å². The fraction of sp³-hybridized carbons (Fsp3) is 0.206. The Bertz CT molecular complexity index is 3660. The molecular formula is C68H63N4OPt-3. The van der Waals surface area contributed by atoms with Gasteiger partial charge in [-0.2, -0.15) is 12.1 Å². The van der Waals surface area contributed by atoms with Crippen LogP contribution in [0, 0.1) is 18.8 Å². The van der Waals surface area contributed by atoms with Crippen LogP contribution < -0.4 is 14.5 Å². The van der Waals surface area contributed by atoms with Crippen molar-refractivity contribution in [3.8, 4) is 28.4 Å². The number of pyridine rings is 1. The van der Waals surface area contributed by atoms with E-state index >= 15 is 0 Å². The molecule has 6 heteroatoms. The normalized spacial score (nSPS) is 13.1. The molecule has 0 saturated heterocycles. The van der Waals surface area contributed by atoms with Gasteiger partial charge >= 0.3 is 0 Å². The minimum Gasteiger partial charge on any atom is -0.509 e. The molecule has 374 valence electrons. The van der Waals surface area contributed by atoms with E-state index < -0.39 is 0 Å². The van der Waals surface area contributed by atoms with Crippen molar-refractivity contribution in [1.29, 1.82) is 0 Å². The fourth-order valence-electron chi connectivity index (χ4n) is 10.3. The van der Waals surface area contributed by atoms with Gasteiger partial charge in [0.15, 0.2) is 0 Å². The topological polar surface area (TPSA) is 33.5 Å². The van der Waals surface area contributed by atoms with Gasteiger partial charge in [-0.15, -0.1) is 48.1 Å². The van der Waals surface area contributed by atoms with Gasteiger partial charge in [0.1, 0.15) is 5.82 Å². The predicted octanol–water partition coefficient (Wildman–Crippen LogP) is 17.9. The number of hydrogen-bond donors (Lipinski definition) is 0. The molecule has 8 aromatic carbocycles. The number of anilines is 4. The van der Waals surface area contributed by atoms with E-state index in [9.17, 15) is 0 Å². The van der Waals surface area contributed by atoms with Crippen LogP contribution in [0.3, 0.4) is 0 Å². The second-order valence-electron chi connectivity index (χ2n) is 22.7. The van der Waals surface area contributed by atoms with Crippen molar-refractivity contribution in [3.63, 3.8) is 0 Å². The van der Waals surface area contributed by atoms with Crippen molar-refractivity contribution in [3.05, 3.63) is 246 Å². The average molecular weight is 1150 g/mol. The van der Waals surface area contributed by atoms with Crippen LogP contribution in [0.2, 0.25) is 0 Å². The van der Waals surface area contributed by atoms with E-state index in [0.29, 0.717) is 11.5 Å². The first kappa shape index (κ1) is 50.3. The molecule has 1 aliphatic heterocycles. The molecule has 0 radical (unpaired) electrons. The molecular weight excluding hydrogens is 1080 g/mol. The van der Waals surface area contributed by atoms with Crippen molar-refractivity contribution < 1.29 is 25.8 Å². The number of nitrogens with zero attached hydrogens (tertiary/aromatic N) is 4. The maximum atomic E-state index is 6.80. The standard InChI is InChI=1S/C68H63N4O.Pt/c1-65(2,3)50-29-32-58-59-33-31-57(44-62(59)72(61(58)40-50)64-42-51(35-36-69-64)66(4,5)6)73-56-28-20-27-54(43-56)70-45-71(63-41-52(30-34-60(63)70)67(7,8)48-23-16-12-17-24-48)55-38-47(46-21-14-11-15-22-46)37-53(39-55)68(9,10)49-25-18-13-19-26-49;/h11-42,45H,1-10H3;/q-3;. The Hall–Kier alpha value is -7.20. The summed E-state index contributed by atoms with van der Waals surface area (Å²) in [5.41, 5.74) is 15.2. The summed E-state index contributed by atoms with van der Waals surface area (Å²) < 4.78 is 9.05. The van der Waals surface area contributed by atoms with Gasteiger partial charge < -0.3 is 19.1 Å². The van der Waals surface area contributed by atoms with Gasteiger partial charge in [-0.1, -0.05) is 190 Å². The Morgan fingerprint density at radius 1 is 0.446 bits per heavy atom. The molecule has 2 aromatic heterocycles. The molecule has 0 aliphatic carbocycles. The summed E-state index contributed by atoms with van der Waals surface area (Å²) in [7, 11) is 0. The molecule has 0 atom stereocenters. The van der Waals surface area contributed by atoms with Gasteiger partial charge in [-0.25, -0.2) is 4.98 Å². The third-order valence-electron chi connectivity index (χ3n) is 15.1. The largest absolute Gasteiger partial charge is 0.509 e. The monoisotopic (exact) mass is 1150 g/mol. The van der Waals surface area contributed by atoms with E-state index in [2.05, 4.69) is 272 Å². The van der Waals surface area contributed by atoms with Gasteiger partial charge in [0.05, 0.1) is 0 Å². The average Bonchev–Trinajstić information content (AvgIpc) is 3.94. The number of fused-ring (bicyclic) bond motifs is 4. The molecule has 11 rings (SSSR count). The maximum Gasteiger partial charge on any atom is 0.135 e. The Labute approximate surface area is 452 Å². The molecule has 0 bridgehead atoms. The summed E-state index contributed by atoms with van der Waals surface area (Å²) in [4.78, 5) is 9.56. The second kappa shape index (κ2) is 19.3.